The van der Waals surface area contributed by atoms with Crippen LogP contribution in [0, 0.1) is 10.1 Å². The zero-order valence-electron chi connectivity index (χ0n) is 10.1. The van der Waals surface area contributed by atoms with Crippen LogP contribution in [0.15, 0.2) is 30.3 Å². The maximum atomic E-state index is 11.3. The highest BCUT2D eigenvalue weighted by molar-refractivity contribution is 5.94. The molecule has 1 unspecified atom stereocenters. The van der Waals surface area contributed by atoms with Crippen molar-refractivity contribution >= 4 is 23.6 Å². The zero-order valence-corrected chi connectivity index (χ0v) is 10.1. The number of benzene rings is 1. The Balaban J connectivity index is 2.63. The van der Waals surface area contributed by atoms with Crippen LogP contribution in [0.5, 0.6) is 0 Å². The summed E-state index contributed by atoms with van der Waals surface area (Å²) in [5.74, 6) is -1.68. The molecule has 0 bridgehead atoms. The summed E-state index contributed by atoms with van der Waals surface area (Å²) in [7, 11) is 0. The number of hydrogen-bond donors (Lipinski definition) is 2. The number of hydrogen-bond acceptors (Lipinski definition) is 4. The summed E-state index contributed by atoms with van der Waals surface area (Å²) in [6.45, 7) is 1.35. The van der Waals surface area contributed by atoms with Gasteiger partial charge in [0.2, 0.25) is 5.91 Å². The molecule has 0 aliphatic carbocycles. The van der Waals surface area contributed by atoms with Crippen LogP contribution >= 0.6 is 0 Å². The molecule has 0 fully saturated rings. The number of carbonyl (C=O) groups is 2. The van der Waals surface area contributed by atoms with Gasteiger partial charge < -0.3 is 10.4 Å². The molecular formula is C12H12N2O5. The van der Waals surface area contributed by atoms with Gasteiger partial charge in [0, 0.05) is 18.2 Å². The number of nitrogens with zero attached hydrogens (tertiary/aromatic N) is 1. The second-order valence-corrected chi connectivity index (χ2v) is 3.75. The molecule has 0 aliphatic rings. The van der Waals surface area contributed by atoms with Crippen LogP contribution in [0.25, 0.3) is 6.08 Å². The smallest absolute Gasteiger partial charge is 0.325 e. The molecule has 0 aromatic heterocycles. The molecule has 1 amide bonds. The second-order valence-electron chi connectivity index (χ2n) is 3.75. The summed E-state index contributed by atoms with van der Waals surface area (Å²) in [6, 6.07) is 4.63. The molecule has 19 heavy (non-hydrogen) atoms. The average molecular weight is 264 g/mol. The van der Waals surface area contributed by atoms with E-state index in [1.807, 2.05) is 0 Å². The average Bonchev–Trinajstić information content (AvgIpc) is 2.36. The maximum absolute atomic E-state index is 11.3. The number of nitro benzene ring substituents is 1. The number of nitrogens with one attached hydrogen (secondary N) is 1. The molecule has 0 saturated heterocycles. The largest absolute Gasteiger partial charge is 0.480 e. The van der Waals surface area contributed by atoms with Crippen molar-refractivity contribution in [2.75, 3.05) is 0 Å². The first-order valence-electron chi connectivity index (χ1n) is 5.36. The Kier molecular flexibility index (Phi) is 4.76. The fourth-order valence-electron chi connectivity index (χ4n) is 1.20. The number of nitro groups is 1. The third-order valence-corrected chi connectivity index (χ3v) is 2.26. The molecule has 0 heterocycles. The van der Waals surface area contributed by atoms with Crippen LogP contribution in [0.4, 0.5) is 5.69 Å². The summed E-state index contributed by atoms with van der Waals surface area (Å²) >= 11 is 0. The number of amides is 1. The van der Waals surface area contributed by atoms with Crippen LogP contribution in [0.2, 0.25) is 0 Å². The third-order valence-electron chi connectivity index (χ3n) is 2.26. The van der Waals surface area contributed by atoms with E-state index in [-0.39, 0.29) is 5.69 Å². The maximum Gasteiger partial charge on any atom is 0.325 e. The summed E-state index contributed by atoms with van der Waals surface area (Å²) < 4.78 is 0. The lowest BCUT2D eigenvalue weighted by atomic mass is 10.2. The van der Waals surface area contributed by atoms with Gasteiger partial charge in [-0.05, 0) is 30.7 Å². The lowest BCUT2D eigenvalue weighted by molar-refractivity contribution is -0.384. The predicted octanol–water partition coefficient (Wildman–Crippen LogP) is 1.20. The molecule has 1 rings (SSSR count). The molecule has 0 radical (unpaired) electrons. The van der Waals surface area contributed by atoms with Gasteiger partial charge >= 0.3 is 5.97 Å². The van der Waals surface area contributed by atoms with Crippen molar-refractivity contribution in [1.82, 2.24) is 5.32 Å². The van der Waals surface area contributed by atoms with Crippen LogP contribution in [0.1, 0.15) is 12.5 Å². The Bertz CT molecular complexity index is 521. The van der Waals surface area contributed by atoms with E-state index in [0.717, 1.165) is 0 Å². The zero-order chi connectivity index (χ0) is 14.4. The fraction of sp³-hybridized carbons (Fsp3) is 0.167. The Hall–Kier alpha value is -2.70. The Labute approximate surface area is 108 Å². The summed E-state index contributed by atoms with van der Waals surface area (Å²) in [5.41, 5.74) is 0.560. The number of aliphatic carboxylic acids is 1. The van der Waals surface area contributed by atoms with E-state index in [4.69, 9.17) is 5.11 Å². The number of carboxylic acids is 1. The quantitative estimate of drug-likeness (QED) is 0.471. The highest BCUT2D eigenvalue weighted by Crippen LogP contribution is 2.12. The molecule has 1 atom stereocenters. The Morgan fingerprint density at radius 1 is 1.37 bits per heavy atom. The van der Waals surface area contributed by atoms with Gasteiger partial charge in [-0.15, -0.1) is 0 Å². The first-order valence-corrected chi connectivity index (χ1v) is 5.36. The lowest BCUT2D eigenvalue weighted by Gasteiger charge is -2.05. The molecule has 1 aromatic carbocycles. The predicted molar refractivity (Wildman–Crippen MR) is 67.4 cm³/mol. The van der Waals surface area contributed by atoms with E-state index < -0.39 is 22.8 Å². The second kappa shape index (κ2) is 6.29. The van der Waals surface area contributed by atoms with Gasteiger partial charge in [0.1, 0.15) is 6.04 Å². The number of non-ortho nitro benzene ring substituents is 1. The Morgan fingerprint density at radius 2 is 1.95 bits per heavy atom. The normalized spacial score (nSPS) is 12.1. The van der Waals surface area contributed by atoms with Gasteiger partial charge in [-0.1, -0.05) is 0 Å². The molecule has 7 nitrogen and oxygen atoms in total. The molecule has 2 N–H and O–H groups in total. The van der Waals surface area contributed by atoms with Crippen molar-refractivity contribution in [2.45, 2.75) is 13.0 Å². The van der Waals surface area contributed by atoms with Gasteiger partial charge in [-0.2, -0.15) is 0 Å². The number of carboxylic acid groups (broad SMARTS) is 1. The molecule has 1 aromatic rings. The van der Waals surface area contributed by atoms with E-state index in [9.17, 15) is 19.7 Å². The van der Waals surface area contributed by atoms with Crippen LogP contribution in [-0.4, -0.2) is 27.9 Å². The number of carbonyl (C=O) groups excluding carboxylic acids is 1. The van der Waals surface area contributed by atoms with Crippen molar-refractivity contribution in [3.63, 3.8) is 0 Å². The van der Waals surface area contributed by atoms with Gasteiger partial charge in [0.05, 0.1) is 4.92 Å². The fourth-order valence-corrected chi connectivity index (χ4v) is 1.20. The minimum absolute atomic E-state index is 0.0406. The Morgan fingerprint density at radius 3 is 2.42 bits per heavy atom. The highest BCUT2D eigenvalue weighted by Gasteiger charge is 2.11. The van der Waals surface area contributed by atoms with Crippen LogP contribution < -0.4 is 5.32 Å². The minimum atomic E-state index is -1.13. The standard InChI is InChI=1S/C12H12N2O5/c1-8(12(16)17)13-11(15)7-4-9-2-5-10(6-3-9)14(18)19/h2-8H,1H3,(H,13,15)(H,16,17)/b7-4+. The summed E-state index contributed by atoms with van der Waals surface area (Å²) in [4.78, 5) is 31.8. The first-order chi connectivity index (χ1) is 8.90. The minimum Gasteiger partial charge on any atom is -0.480 e. The van der Waals surface area contributed by atoms with E-state index in [0.29, 0.717) is 5.56 Å². The molecule has 100 valence electrons. The van der Waals surface area contributed by atoms with Crippen molar-refractivity contribution in [3.05, 3.63) is 46.0 Å². The van der Waals surface area contributed by atoms with Gasteiger partial charge in [-0.3, -0.25) is 19.7 Å². The summed E-state index contributed by atoms with van der Waals surface area (Å²) in [6.07, 6.45) is 2.61. The van der Waals surface area contributed by atoms with Crippen LogP contribution in [0.3, 0.4) is 0 Å². The van der Waals surface area contributed by atoms with Crippen molar-refractivity contribution in [1.29, 1.82) is 0 Å². The topological polar surface area (TPSA) is 110 Å². The van der Waals surface area contributed by atoms with Gasteiger partial charge in [0.15, 0.2) is 0 Å². The first kappa shape index (κ1) is 14.4. The molecule has 7 heteroatoms. The van der Waals surface area contributed by atoms with Crippen LogP contribution in [-0.2, 0) is 9.59 Å². The molecule has 0 spiro atoms. The highest BCUT2D eigenvalue weighted by atomic mass is 16.6. The summed E-state index contributed by atoms with van der Waals surface area (Å²) in [5, 5.41) is 21.3. The molecular weight excluding hydrogens is 252 g/mol. The van der Waals surface area contributed by atoms with Gasteiger partial charge in [-0.25, -0.2) is 0 Å². The van der Waals surface area contributed by atoms with E-state index in [1.54, 1.807) is 0 Å². The van der Waals surface area contributed by atoms with Crippen molar-refractivity contribution in [3.8, 4) is 0 Å². The third kappa shape index (κ3) is 4.58. The molecule has 0 saturated carbocycles. The van der Waals surface area contributed by atoms with Crippen molar-refractivity contribution in [2.24, 2.45) is 0 Å². The van der Waals surface area contributed by atoms with Gasteiger partial charge in [0.25, 0.3) is 5.69 Å². The van der Waals surface area contributed by atoms with E-state index in [2.05, 4.69) is 5.32 Å². The number of rotatable bonds is 5. The van der Waals surface area contributed by atoms with E-state index >= 15 is 0 Å². The SMILES string of the molecule is CC(NC(=O)/C=C/c1ccc([N+](=O)[O-])cc1)C(=O)O. The van der Waals surface area contributed by atoms with Crippen molar-refractivity contribution < 1.29 is 19.6 Å². The van der Waals surface area contributed by atoms with E-state index in [1.165, 1.54) is 43.3 Å². The lowest BCUT2D eigenvalue weighted by Crippen LogP contribution is -2.37. The monoisotopic (exact) mass is 264 g/mol. The molecule has 0 aliphatic heterocycles.